The summed E-state index contributed by atoms with van der Waals surface area (Å²) in [6, 6.07) is 9.07. The fourth-order valence-corrected chi connectivity index (χ4v) is 2.20. The lowest BCUT2D eigenvalue weighted by Crippen LogP contribution is -2.36. The number of benzene rings is 2. The van der Waals surface area contributed by atoms with Crippen LogP contribution < -0.4 is 15.4 Å². The molecule has 0 aliphatic rings. The Morgan fingerprint density at radius 1 is 1.11 bits per heavy atom. The molecule has 1 atom stereocenters. The van der Waals surface area contributed by atoms with Gasteiger partial charge in [-0.2, -0.15) is 0 Å². The van der Waals surface area contributed by atoms with E-state index in [9.17, 15) is 23.2 Å². The van der Waals surface area contributed by atoms with Gasteiger partial charge in [0.25, 0.3) is 11.8 Å². The molecule has 7 nitrogen and oxygen atoms in total. The Labute approximate surface area is 159 Å². The number of halogens is 2. The first-order chi connectivity index (χ1) is 13.3. The van der Waals surface area contributed by atoms with Crippen molar-refractivity contribution in [3.63, 3.8) is 0 Å². The molecule has 28 heavy (non-hydrogen) atoms. The minimum absolute atomic E-state index is 0.232. The van der Waals surface area contributed by atoms with Gasteiger partial charge in [0.15, 0.2) is 6.10 Å². The van der Waals surface area contributed by atoms with Crippen LogP contribution in [0.15, 0.2) is 42.5 Å². The molecule has 2 amide bonds. The number of amides is 2. The first-order valence-electron chi connectivity index (χ1n) is 8.18. The standard InChI is InChI=1S/C19H18F2N2O5/c1-11(18(25)23-15-8-7-12(20)9-14(15)21)28-17(24)10-22-19(26)13-5-3-4-6-16(13)27-2/h3-9,11H,10H2,1-2H3,(H,22,26)(H,23,25)/t11-/m0/s1. The molecule has 0 saturated carbocycles. The zero-order valence-electron chi connectivity index (χ0n) is 15.1. The summed E-state index contributed by atoms with van der Waals surface area (Å²) in [7, 11) is 1.41. The molecule has 2 aromatic carbocycles. The van der Waals surface area contributed by atoms with Crippen LogP contribution in [-0.4, -0.2) is 37.5 Å². The average Bonchev–Trinajstić information content (AvgIpc) is 2.68. The van der Waals surface area contributed by atoms with Crippen LogP contribution in [-0.2, 0) is 14.3 Å². The summed E-state index contributed by atoms with van der Waals surface area (Å²) in [5, 5.41) is 4.54. The molecule has 148 valence electrons. The maximum atomic E-state index is 13.5. The third kappa shape index (κ3) is 5.50. The third-order valence-electron chi connectivity index (χ3n) is 3.61. The molecule has 0 aliphatic heterocycles. The average molecular weight is 392 g/mol. The van der Waals surface area contributed by atoms with Crippen molar-refractivity contribution < 1.29 is 32.6 Å². The quantitative estimate of drug-likeness (QED) is 0.705. The Morgan fingerprint density at radius 3 is 2.50 bits per heavy atom. The van der Waals surface area contributed by atoms with Gasteiger partial charge in [-0.25, -0.2) is 8.78 Å². The molecular weight excluding hydrogens is 374 g/mol. The first-order valence-corrected chi connectivity index (χ1v) is 8.18. The molecule has 2 N–H and O–H groups in total. The number of hydrogen-bond donors (Lipinski definition) is 2. The van der Waals surface area contributed by atoms with Crippen LogP contribution in [0.4, 0.5) is 14.5 Å². The molecule has 0 bridgehead atoms. The summed E-state index contributed by atoms with van der Waals surface area (Å²) in [6.07, 6.45) is -1.26. The van der Waals surface area contributed by atoms with Crippen molar-refractivity contribution in [1.29, 1.82) is 0 Å². The highest BCUT2D eigenvalue weighted by Gasteiger charge is 2.20. The number of hydrogen-bond acceptors (Lipinski definition) is 5. The van der Waals surface area contributed by atoms with Gasteiger partial charge in [-0.1, -0.05) is 12.1 Å². The van der Waals surface area contributed by atoms with E-state index in [1.54, 1.807) is 18.2 Å². The van der Waals surface area contributed by atoms with Crippen LogP contribution in [0.1, 0.15) is 17.3 Å². The minimum atomic E-state index is -1.26. The Balaban J connectivity index is 1.86. The van der Waals surface area contributed by atoms with Crippen molar-refractivity contribution in [2.45, 2.75) is 13.0 Å². The highest BCUT2D eigenvalue weighted by atomic mass is 19.1. The Hall–Kier alpha value is -3.49. The summed E-state index contributed by atoms with van der Waals surface area (Å²) in [5.74, 6) is -3.65. The summed E-state index contributed by atoms with van der Waals surface area (Å²) in [5.41, 5.74) is -0.0193. The topological polar surface area (TPSA) is 93.7 Å². The number of carbonyl (C=O) groups is 3. The van der Waals surface area contributed by atoms with Gasteiger partial charge in [0, 0.05) is 6.07 Å². The third-order valence-corrected chi connectivity index (χ3v) is 3.61. The van der Waals surface area contributed by atoms with E-state index in [-0.39, 0.29) is 11.3 Å². The number of ether oxygens (including phenoxy) is 2. The van der Waals surface area contributed by atoms with E-state index in [1.165, 1.54) is 20.1 Å². The van der Waals surface area contributed by atoms with Gasteiger partial charge in [-0.05, 0) is 31.2 Å². The monoisotopic (exact) mass is 392 g/mol. The highest BCUT2D eigenvalue weighted by Crippen LogP contribution is 2.17. The fourth-order valence-electron chi connectivity index (χ4n) is 2.20. The molecule has 0 unspecified atom stereocenters. The Morgan fingerprint density at radius 2 is 1.82 bits per heavy atom. The van der Waals surface area contributed by atoms with Gasteiger partial charge < -0.3 is 20.1 Å². The lowest BCUT2D eigenvalue weighted by molar-refractivity contribution is -0.152. The molecule has 0 radical (unpaired) electrons. The molecule has 0 spiro atoms. The summed E-state index contributed by atoms with van der Waals surface area (Å²) in [6.45, 7) is 0.788. The zero-order valence-corrected chi connectivity index (χ0v) is 15.1. The lowest BCUT2D eigenvalue weighted by Gasteiger charge is -2.14. The van der Waals surface area contributed by atoms with E-state index < -0.39 is 42.1 Å². The van der Waals surface area contributed by atoms with Crippen LogP contribution in [0, 0.1) is 11.6 Å². The number of carbonyl (C=O) groups excluding carboxylic acids is 3. The normalized spacial score (nSPS) is 11.3. The number of nitrogens with one attached hydrogen (secondary N) is 2. The van der Waals surface area contributed by atoms with Crippen LogP contribution in [0.3, 0.4) is 0 Å². The lowest BCUT2D eigenvalue weighted by atomic mass is 10.2. The molecule has 0 aliphatic carbocycles. The van der Waals surface area contributed by atoms with E-state index in [0.29, 0.717) is 11.8 Å². The van der Waals surface area contributed by atoms with Gasteiger partial charge in [0.05, 0.1) is 18.4 Å². The summed E-state index contributed by atoms with van der Waals surface area (Å²) in [4.78, 5) is 35.9. The molecule has 2 aromatic rings. The molecule has 0 fully saturated rings. The largest absolute Gasteiger partial charge is 0.496 e. The molecule has 9 heteroatoms. The van der Waals surface area contributed by atoms with Gasteiger partial charge in [0.1, 0.15) is 23.9 Å². The SMILES string of the molecule is COc1ccccc1C(=O)NCC(=O)O[C@@H](C)C(=O)Nc1ccc(F)cc1F. The minimum Gasteiger partial charge on any atom is -0.496 e. The van der Waals surface area contributed by atoms with Crippen molar-refractivity contribution in [3.8, 4) is 5.75 Å². The van der Waals surface area contributed by atoms with Crippen molar-refractivity contribution in [1.82, 2.24) is 5.32 Å². The fraction of sp³-hybridized carbons (Fsp3) is 0.211. The smallest absolute Gasteiger partial charge is 0.326 e. The van der Waals surface area contributed by atoms with Crippen LogP contribution in [0.2, 0.25) is 0 Å². The van der Waals surface area contributed by atoms with E-state index >= 15 is 0 Å². The molecule has 0 heterocycles. The Bertz CT molecular complexity index is 888. The number of rotatable bonds is 7. The van der Waals surface area contributed by atoms with Crippen molar-refractivity contribution in [2.75, 3.05) is 19.0 Å². The maximum Gasteiger partial charge on any atom is 0.326 e. The van der Waals surface area contributed by atoms with E-state index in [1.807, 2.05) is 0 Å². The predicted molar refractivity (Wildman–Crippen MR) is 95.9 cm³/mol. The number of para-hydroxylation sites is 1. The maximum absolute atomic E-state index is 13.5. The van der Waals surface area contributed by atoms with Crippen LogP contribution in [0.5, 0.6) is 5.75 Å². The number of esters is 1. The van der Waals surface area contributed by atoms with E-state index in [2.05, 4.69) is 10.6 Å². The van der Waals surface area contributed by atoms with Crippen molar-refractivity contribution in [3.05, 3.63) is 59.7 Å². The van der Waals surface area contributed by atoms with E-state index in [0.717, 1.165) is 12.1 Å². The summed E-state index contributed by atoms with van der Waals surface area (Å²) >= 11 is 0. The highest BCUT2D eigenvalue weighted by molar-refractivity contribution is 5.99. The molecule has 0 saturated heterocycles. The van der Waals surface area contributed by atoms with Crippen LogP contribution >= 0.6 is 0 Å². The van der Waals surface area contributed by atoms with Gasteiger partial charge in [-0.15, -0.1) is 0 Å². The van der Waals surface area contributed by atoms with Crippen LogP contribution in [0.25, 0.3) is 0 Å². The number of methoxy groups -OCH3 is 1. The molecule has 2 rings (SSSR count). The Kier molecular flexibility index (Phi) is 7.02. The first kappa shape index (κ1) is 20.8. The molecular formula is C19H18F2N2O5. The van der Waals surface area contributed by atoms with Gasteiger partial charge >= 0.3 is 5.97 Å². The second-order valence-electron chi connectivity index (χ2n) is 5.63. The van der Waals surface area contributed by atoms with Crippen molar-refractivity contribution >= 4 is 23.5 Å². The number of anilines is 1. The second kappa shape index (κ2) is 9.45. The zero-order chi connectivity index (χ0) is 20.7. The second-order valence-corrected chi connectivity index (χ2v) is 5.63. The van der Waals surface area contributed by atoms with Gasteiger partial charge in [0.2, 0.25) is 0 Å². The van der Waals surface area contributed by atoms with E-state index in [4.69, 9.17) is 9.47 Å². The predicted octanol–water partition coefficient (Wildman–Crippen LogP) is 2.27. The van der Waals surface area contributed by atoms with Crippen molar-refractivity contribution in [2.24, 2.45) is 0 Å². The van der Waals surface area contributed by atoms with Gasteiger partial charge in [-0.3, -0.25) is 14.4 Å². The summed E-state index contributed by atoms with van der Waals surface area (Å²) < 4.78 is 36.4. The molecule has 0 aromatic heterocycles.